The summed E-state index contributed by atoms with van der Waals surface area (Å²) in [5.41, 5.74) is 2.40. The molecule has 4 rings (SSSR count). The third-order valence-electron chi connectivity index (χ3n) is 5.60. The molecule has 2 heterocycles. The molecule has 0 unspecified atom stereocenters. The summed E-state index contributed by atoms with van der Waals surface area (Å²) in [5.74, 6) is 0.500. The molecule has 182 valence electrons. The van der Waals surface area contributed by atoms with Crippen LogP contribution in [0.4, 0.5) is 38.9 Å². The Balaban J connectivity index is 1.50. The molecule has 0 radical (unpaired) electrons. The van der Waals surface area contributed by atoms with E-state index in [1.165, 1.54) is 25.4 Å². The Morgan fingerprint density at radius 1 is 1.09 bits per heavy atom. The molecule has 1 amide bonds. The maximum absolute atomic E-state index is 14.9. The largest absolute Gasteiger partial charge is 0.491 e. The first kappa shape index (κ1) is 24.0. The number of halogens is 1. The molecule has 1 aromatic heterocycles. The van der Waals surface area contributed by atoms with Crippen molar-refractivity contribution in [3.8, 4) is 5.75 Å². The van der Waals surface area contributed by atoms with Crippen LogP contribution in [0.1, 0.15) is 0 Å². The highest BCUT2D eigenvalue weighted by atomic mass is 19.1. The van der Waals surface area contributed by atoms with Gasteiger partial charge in [-0.15, -0.1) is 0 Å². The molecule has 0 bridgehead atoms. The van der Waals surface area contributed by atoms with Crippen molar-refractivity contribution in [2.24, 2.45) is 0 Å². The predicted octanol–water partition coefficient (Wildman–Crippen LogP) is 3.99. The van der Waals surface area contributed by atoms with Gasteiger partial charge in [-0.2, -0.15) is 4.98 Å². The predicted molar refractivity (Wildman–Crippen MR) is 137 cm³/mol. The van der Waals surface area contributed by atoms with Gasteiger partial charge in [-0.3, -0.25) is 4.79 Å². The van der Waals surface area contributed by atoms with Crippen molar-refractivity contribution < 1.29 is 13.9 Å². The number of ether oxygens (including phenoxy) is 1. The summed E-state index contributed by atoms with van der Waals surface area (Å²) in [6.45, 7) is 6.83. The topological polar surface area (TPSA) is 94.6 Å². The van der Waals surface area contributed by atoms with Crippen LogP contribution in [-0.4, -0.2) is 61.1 Å². The number of nitrogens with one attached hydrogen (secondary N) is 3. The summed E-state index contributed by atoms with van der Waals surface area (Å²) in [6, 6.07) is 12.2. The summed E-state index contributed by atoms with van der Waals surface area (Å²) >= 11 is 0. The Hall–Kier alpha value is -4.18. The first-order valence-corrected chi connectivity index (χ1v) is 11.2. The SMILES string of the molecule is C=CC(=O)Nc1cccc(Nc2nc(Nc3ccc(N4CCN(C)CC4)c(F)c3)ncc2OC)c1. The van der Waals surface area contributed by atoms with Crippen molar-refractivity contribution in [1.29, 1.82) is 0 Å². The second-order valence-electron chi connectivity index (χ2n) is 8.09. The zero-order valence-corrected chi connectivity index (χ0v) is 19.7. The molecule has 0 aliphatic carbocycles. The van der Waals surface area contributed by atoms with E-state index in [2.05, 4.69) is 49.3 Å². The summed E-state index contributed by atoms with van der Waals surface area (Å²) in [6.07, 6.45) is 2.72. The van der Waals surface area contributed by atoms with Crippen molar-refractivity contribution >= 4 is 40.4 Å². The number of likely N-dealkylation sites (N-methyl/N-ethyl adjacent to an activating group) is 1. The maximum Gasteiger partial charge on any atom is 0.247 e. The highest BCUT2D eigenvalue weighted by Crippen LogP contribution is 2.29. The first-order chi connectivity index (χ1) is 16.9. The minimum atomic E-state index is -0.306. The van der Waals surface area contributed by atoms with Gasteiger partial charge in [0.1, 0.15) is 5.82 Å². The van der Waals surface area contributed by atoms with Crippen molar-refractivity contribution in [3.05, 3.63) is 67.1 Å². The second-order valence-corrected chi connectivity index (χ2v) is 8.09. The van der Waals surface area contributed by atoms with E-state index in [0.717, 1.165) is 26.2 Å². The summed E-state index contributed by atoms with van der Waals surface area (Å²) in [5, 5.41) is 8.93. The minimum absolute atomic E-state index is 0.274. The number of nitrogens with zero attached hydrogens (tertiary/aromatic N) is 4. The van der Waals surface area contributed by atoms with Crippen molar-refractivity contribution in [1.82, 2.24) is 14.9 Å². The van der Waals surface area contributed by atoms with Crippen LogP contribution < -0.4 is 25.6 Å². The zero-order chi connectivity index (χ0) is 24.8. The number of amides is 1. The van der Waals surface area contributed by atoms with Crippen LogP contribution >= 0.6 is 0 Å². The summed E-state index contributed by atoms with van der Waals surface area (Å²) < 4.78 is 20.2. The van der Waals surface area contributed by atoms with Crippen molar-refractivity contribution in [2.75, 3.05) is 61.2 Å². The van der Waals surface area contributed by atoms with E-state index >= 15 is 0 Å². The molecule has 3 aromatic rings. The molecular formula is C25H28FN7O2. The molecule has 1 aliphatic rings. The minimum Gasteiger partial charge on any atom is -0.491 e. The van der Waals surface area contributed by atoms with E-state index in [1.54, 1.807) is 24.3 Å². The number of carbonyl (C=O) groups is 1. The molecule has 35 heavy (non-hydrogen) atoms. The van der Waals surface area contributed by atoms with Gasteiger partial charge in [-0.05, 0) is 49.5 Å². The third kappa shape index (κ3) is 6.04. The third-order valence-corrected chi connectivity index (χ3v) is 5.60. The van der Waals surface area contributed by atoms with Gasteiger partial charge in [0.05, 0.1) is 19.0 Å². The molecular weight excluding hydrogens is 449 g/mol. The molecule has 1 saturated heterocycles. The van der Waals surface area contributed by atoms with Crippen LogP contribution in [0.2, 0.25) is 0 Å². The Labute approximate surface area is 203 Å². The fraction of sp³-hybridized carbons (Fsp3) is 0.240. The lowest BCUT2D eigenvalue weighted by Gasteiger charge is -2.34. The van der Waals surface area contributed by atoms with Crippen LogP contribution in [0.5, 0.6) is 5.75 Å². The van der Waals surface area contributed by atoms with Crippen molar-refractivity contribution in [3.63, 3.8) is 0 Å². The Kier molecular flexibility index (Phi) is 7.41. The quantitative estimate of drug-likeness (QED) is 0.420. The Morgan fingerprint density at radius 2 is 1.83 bits per heavy atom. The second kappa shape index (κ2) is 10.8. The lowest BCUT2D eigenvalue weighted by Crippen LogP contribution is -2.44. The van der Waals surface area contributed by atoms with E-state index in [4.69, 9.17) is 4.74 Å². The normalized spacial score (nSPS) is 13.7. The standard InChI is InChI=1S/C25H28FN7O2/c1-4-23(34)28-17-6-5-7-18(14-17)29-24-22(35-3)16-27-25(31-24)30-19-8-9-21(20(26)15-19)33-12-10-32(2)11-13-33/h4-9,14-16H,1,10-13H2,2-3H3,(H,28,34)(H2,27,29,30,31). The fourth-order valence-corrected chi connectivity index (χ4v) is 3.69. The van der Waals surface area contributed by atoms with E-state index < -0.39 is 0 Å². The molecule has 2 aromatic carbocycles. The Bertz CT molecular complexity index is 1210. The molecule has 0 spiro atoms. The van der Waals surface area contributed by atoms with Gasteiger partial charge in [0.15, 0.2) is 11.6 Å². The summed E-state index contributed by atoms with van der Waals surface area (Å²) in [7, 11) is 3.58. The molecule has 1 aliphatic heterocycles. The number of hydrogen-bond donors (Lipinski definition) is 3. The highest BCUT2D eigenvalue weighted by molar-refractivity contribution is 5.99. The molecule has 0 atom stereocenters. The van der Waals surface area contributed by atoms with E-state index in [9.17, 15) is 9.18 Å². The number of carbonyl (C=O) groups excluding carboxylic acids is 1. The zero-order valence-electron chi connectivity index (χ0n) is 19.7. The van der Waals surface area contributed by atoms with E-state index in [1.807, 2.05) is 12.1 Å². The number of aromatic nitrogens is 2. The van der Waals surface area contributed by atoms with Crippen LogP contribution in [0.15, 0.2) is 61.3 Å². The van der Waals surface area contributed by atoms with Gasteiger partial charge < -0.3 is 30.5 Å². The van der Waals surface area contributed by atoms with Gasteiger partial charge in [0.2, 0.25) is 11.9 Å². The number of anilines is 6. The van der Waals surface area contributed by atoms with Crippen LogP contribution in [0.3, 0.4) is 0 Å². The number of rotatable bonds is 8. The average molecular weight is 478 g/mol. The molecule has 9 nitrogen and oxygen atoms in total. The molecule has 10 heteroatoms. The van der Waals surface area contributed by atoms with E-state index in [0.29, 0.717) is 34.3 Å². The van der Waals surface area contributed by atoms with Gasteiger partial charge >= 0.3 is 0 Å². The highest BCUT2D eigenvalue weighted by Gasteiger charge is 2.18. The van der Waals surface area contributed by atoms with Gasteiger partial charge in [-0.25, -0.2) is 9.37 Å². The Morgan fingerprint density at radius 3 is 2.54 bits per heavy atom. The van der Waals surface area contributed by atoms with Crippen molar-refractivity contribution in [2.45, 2.75) is 0 Å². The number of methoxy groups -OCH3 is 1. The lowest BCUT2D eigenvalue weighted by atomic mass is 10.2. The number of hydrogen-bond acceptors (Lipinski definition) is 8. The molecule has 1 fully saturated rings. The molecule has 0 saturated carbocycles. The number of benzene rings is 2. The monoisotopic (exact) mass is 477 g/mol. The lowest BCUT2D eigenvalue weighted by molar-refractivity contribution is -0.111. The van der Waals surface area contributed by atoms with Gasteiger partial charge in [0.25, 0.3) is 0 Å². The average Bonchev–Trinajstić information content (AvgIpc) is 2.85. The fourth-order valence-electron chi connectivity index (χ4n) is 3.69. The summed E-state index contributed by atoms with van der Waals surface area (Å²) in [4.78, 5) is 24.6. The first-order valence-electron chi connectivity index (χ1n) is 11.2. The van der Waals surface area contributed by atoms with Crippen LogP contribution in [0.25, 0.3) is 0 Å². The van der Waals surface area contributed by atoms with Crippen LogP contribution in [-0.2, 0) is 4.79 Å². The van der Waals surface area contributed by atoms with E-state index in [-0.39, 0.29) is 17.7 Å². The molecule has 3 N–H and O–H groups in total. The van der Waals surface area contributed by atoms with Crippen LogP contribution in [0, 0.1) is 5.82 Å². The smallest absolute Gasteiger partial charge is 0.247 e. The van der Waals surface area contributed by atoms with Gasteiger partial charge in [-0.1, -0.05) is 12.6 Å². The maximum atomic E-state index is 14.9. The van der Waals surface area contributed by atoms with Gasteiger partial charge in [0, 0.05) is 43.2 Å². The number of piperazine rings is 1.